The van der Waals surface area contributed by atoms with Gasteiger partial charge < -0.3 is 14.9 Å². The summed E-state index contributed by atoms with van der Waals surface area (Å²) in [4.78, 5) is 13.3. The van der Waals surface area contributed by atoms with E-state index in [1.54, 1.807) is 6.20 Å². The van der Waals surface area contributed by atoms with Gasteiger partial charge in [-0.3, -0.25) is 0 Å². The van der Waals surface area contributed by atoms with Gasteiger partial charge in [-0.15, -0.1) is 0 Å². The number of hydrogen-bond donors (Lipinski definition) is 1. The van der Waals surface area contributed by atoms with Crippen molar-refractivity contribution in [3.63, 3.8) is 0 Å². The van der Waals surface area contributed by atoms with Crippen LogP contribution in [0, 0.1) is 0 Å². The molecule has 3 heterocycles. The molecule has 1 aliphatic heterocycles. The van der Waals surface area contributed by atoms with Gasteiger partial charge in [-0.25, -0.2) is 9.97 Å². The highest BCUT2D eigenvalue weighted by Crippen LogP contribution is 2.23. The van der Waals surface area contributed by atoms with E-state index >= 15 is 0 Å². The third-order valence-electron chi connectivity index (χ3n) is 3.63. The number of rotatable bonds is 3. The summed E-state index contributed by atoms with van der Waals surface area (Å²) in [6.07, 6.45) is 3.60. The molecule has 5 nitrogen and oxygen atoms in total. The smallest absolute Gasteiger partial charge is 0.134 e. The van der Waals surface area contributed by atoms with Crippen molar-refractivity contribution < 1.29 is 5.11 Å². The van der Waals surface area contributed by atoms with Gasteiger partial charge in [-0.2, -0.15) is 0 Å². The zero-order valence-corrected chi connectivity index (χ0v) is 13.2. The first-order chi connectivity index (χ1) is 10.3. The second-order valence-electron chi connectivity index (χ2n) is 4.96. The average Bonchev–Trinajstić information content (AvgIpc) is 2.56. The topological polar surface area (TPSA) is 52.5 Å². The van der Waals surface area contributed by atoms with Crippen LogP contribution in [0.5, 0.6) is 0 Å². The van der Waals surface area contributed by atoms with E-state index in [4.69, 9.17) is 0 Å². The lowest BCUT2D eigenvalue weighted by atomic mass is 10.2. The van der Waals surface area contributed by atoms with Gasteiger partial charge in [0.25, 0.3) is 0 Å². The molecule has 0 saturated carbocycles. The molecule has 1 fully saturated rings. The van der Waals surface area contributed by atoms with Crippen molar-refractivity contribution in [3.8, 4) is 0 Å². The number of pyridine rings is 2. The summed E-state index contributed by atoms with van der Waals surface area (Å²) >= 11 is 3.39. The van der Waals surface area contributed by atoms with Crippen LogP contribution in [0.4, 0.5) is 11.6 Å². The van der Waals surface area contributed by atoms with Crippen molar-refractivity contribution in [1.29, 1.82) is 0 Å². The fourth-order valence-electron chi connectivity index (χ4n) is 2.56. The second kappa shape index (κ2) is 6.41. The van der Waals surface area contributed by atoms with E-state index in [0.29, 0.717) is 0 Å². The number of aromatic nitrogens is 2. The Morgan fingerprint density at radius 2 is 1.86 bits per heavy atom. The second-order valence-corrected chi connectivity index (χ2v) is 5.87. The first-order valence-electron chi connectivity index (χ1n) is 6.94. The molecule has 0 atom stereocenters. The van der Waals surface area contributed by atoms with Crippen LogP contribution >= 0.6 is 15.9 Å². The van der Waals surface area contributed by atoms with E-state index < -0.39 is 0 Å². The number of hydrogen-bond acceptors (Lipinski definition) is 5. The summed E-state index contributed by atoms with van der Waals surface area (Å²) in [6.45, 7) is 3.55. The van der Waals surface area contributed by atoms with Crippen LogP contribution in [0.25, 0.3) is 0 Å². The van der Waals surface area contributed by atoms with E-state index in [1.807, 2.05) is 30.5 Å². The van der Waals surface area contributed by atoms with Crippen molar-refractivity contribution >= 4 is 27.6 Å². The fourth-order valence-corrected chi connectivity index (χ4v) is 2.94. The number of aliphatic hydroxyl groups is 1. The molecule has 0 radical (unpaired) electrons. The Morgan fingerprint density at radius 3 is 2.52 bits per heavy atom. The zero-order valence-electron chi connectivity index (χ0n) is 11.6. The molecule has 6 heteroatoms. The molecule has 2 aromatic rings. The number of halogens is 1. The molecule has 0 bridgehead atoms. The van der Waals surface area contributed by atoms with Crippen LogP contribution in [0.2, 0.25) is 0 Å². The maximum absolute atomic E-state index is 9.50. The SMILES string of the molecule is OCc1cc(Br)cnc1N1CCN(c2ccccn2)CC1. The molecule has 1 saturated heterocycles. The van der Waals surface area contributed by atoms with Crippen LogP contribution in [-0.4, -0.2) is 41.3 Å². The third kappa shape index (κ3) is 3.16. The van der Waals surface area contributed by atoms with E-state index in [2.05, 4.69) is 35.7 Å². The molecular formula is C15H17BrN4O. The predicted octanol–water partition coefficient (Wildman–Crippen LogP) is 2.06. The lowest BCUT2D eigenvalue weighted by Gasteiger charge is -2.36. The van der Waals surface area contributed by atoms with Crippen molar-refractivity contribution in [2.45, 2.75) is 6.61 Å². The summed E-state index contributed by atoms with van der Waals surface area (Å²) in [5.41, 5.74) is 0.857. The largest absolute Gasteiger partial charge is 0.392 e. The first-order valence-corrected chi connectivity index (χ1v) is 7.73. The van der Waals surface area contributed by atoms with Gasteiger partial charge in [0.05, 0.1) is 6.61 Å². The number of anilines is 2. The van der Waals surface area contributed by atoms with Gasteiger partial charge in [0.2, 0.25) is 0 Å². The van der Waals surface area contributed by atoms with Crippen LogP contribution in [0.3, 0.4) is 0 Å². The van der Waals surface area contributed by atoms with Crippen molar-refractivity contribution in [2.24, 2.45) is 0 Å². The molecule has 0 spiro atoms. The summed E-state index contributed by atoms with van der Waals surface area (Å²) < 4.78 is 0.891. The highest BCUT2D eigenvalue weighted by Gasteiger charge is 2.20. The Labute approximate surface area is 132 Å². The van der Waals surface area contributed by atoms with Gasteiger partial charge in [0, 0.05) is 48.6 Å². The molecule has 1 aliphatic rings. The lowest BCUT2D eigenvalue weighted by molar-refractivity contribution is 0.281. The lowest BCUT2D eigenvalue weighted by Crippen LogP contribution is -2.47. The Bertz CT molecular complexity index is 600. The highest BCUT2D eigenvalue weighted by atomic mass is 79.9. The summed E-state index contributed by atoms with van der Waals surface area (Å²) in [5, 5.41) is 9.50. The maximum Gasteiger partial charge on any atom is 0.134 e. The van der Waals surface area contributed by atoms with Crippen LogP contribution < -0.4 is 9.80 Å². The minimum Gasteiger partial charge on any atom is -0.392 e. The van der Waals surface area contributed by atoms with Crippen LogP contribution in [-0.2, 0) is 6.61 Å². The molecule has 1 N–H and O–H groups in total. The van der Waals surface area contributed by atoms with Gasteiger partial charge in [0.1, 0.15) is 11.6 Å². The fraction of sp³-hybridized carbons (Fsp3) is 0.333. The van der Waals surface area contributed by atoms with E-state index in [1.165, 1.54) is 0 Å². The molecule has 2 aromatic heterocycles. The number of piperazine rings is 1. The third-order valence-corrected chi connectivity index (χ3v) is 4.07. The first kappa shape index (κ1) is 14.3. The van der Waals surface area contributed by atoms with Gasteiger partial charge in [0.15, 0.2) is 0 Å². The molecule has 0 aliphatic carbocycles. The van der Waals surface area contributed by atoms with E-state index in [0.717, 1.165) is 47.9 Å². The zero-order chi connectivity index (χ0) is 14.7. The van der Waals surface area contributed by atoms with E-state index in [9.17, 15) is 5.11 Å². The minimum atomic E-state index is 0.00221. The molecule has 0 aromatic carbocycles. The van der Waals surface area contributed by atoms with Gasteiger partial charge in [-0.05, 0) is 34.1 Å². The molecule has 3 rings (SSSR count). The molecule has 0 amide bonds. The maximum atomic E-state index is 9.50. The standard InChI is InChI=1S/C15H17BrN4O/c16-13-9-12(11-21)15(18-10-13)20-7-5-19(6-8-20)14-3-1-2-4-17-14/h1-4,9-10,21H,5-8,11H2. The van der Waals surface area contributed by atoms with E-state index in [-0.39, 0.29) is 6.61 Å². The van der Waals surface area contributed by atoms with Crippen LogP contribution in [0.15, 0.2) is 41.1 Å². The minimum absolute atomic E-state index is 0.00221. The monoisotopic (exact) mass is 348 g/mol. The molecule has 21 heavy (non-hydrogen) atoms. The Morgan fingerprint density at radius 1 is 1.10 bits per heavy atom. The highest BCUT2D eigenvalue weighted by molar-refractivity contribution is 9.10. The summed E-state index contributed by atoms with van der Waals surface area (Å²) in [6, 6.07) is 7.90. The Kier molecular flexibility index (Phi) is 4.36. The molecular weight excluding hydrogens is 332 g/mol. The van der Waals surface area contributed by atoms with Gasteiger partial charge >= 0.3 is 0 Å². The summed E-state index contributed by atoms with van der Waals surface area (Å²) in [5.74, 6) is 1.89. The summed E-state index contributed by atoms with van der Waals surface area (Å²) in [7, 11) is 0. The Balaban J connectivity index is 1.71. The molecule has 0 unspecified atom stereocenters. The normalized spacial score (nSPS) is 15.3. The Hall–Kier alpha value is -1.66. The molecule has 110 valence electrons. The average molecular weight is 349 g/mol. The van der Waals surface area contributed by atoms with Crippen molar-refractivity contribution in [3.05, 3.63) is 46.7 Å². The van der Waals surface area contributed by atoms with Crippen molar-refractivity contribution in [1.82, 2.24) is 9.97 Å². The predicted molar refractivity (Wildman–Crippen MR) is 86.5 cm³/mol. The van der Waals surface area contributed by atoms with Crippen LogP contribution in [0.1, 0.15) is 5.56 Å². The quantitative estimate of drug-likeness (QED) is 0.919. The van der Waals surface area contributed by atoms with Crippen molar-refractivity contribution in [2.75, 3.05) is 36.0 Å². The number of nitrogens with zero attached hydrogens (tertiary/aromatic N) is 4. The van der Waals surface area contributed by atoms with Gasteiger partial charge in [-0.1, -0.05) is 6.07 Å². The number of aliphatic hydroxyl groups excluding tert-OH is 1.